The van der Waals surface area contributed by atoms with Crippen molar-refractivity contribution in [3.63, 3.8) is 0 Å². The van der Waals surface area contributed by atoms with E-state index in [1.54, 1.807) is 11.0 Å². The van der Waals surface area contributed by atoms with E-state index in [2.05, 4.69) is 5.32 Å². The zero-order valence-corrected chi connectivity index (χ0v) is 11.1. The monoisotopic (exact) mass is 261 g/mol. The first kappa shape index (κ1) is 13.4. The Morgan fingerprint density at radius 2 is 2.21 bits per heavy atom. The number of carbonyl (C=O) groups is 2. The molecule has 1 unspecified atom stereocenters. The molecule has 5 nitrogen and oxygen atoms in total. The Morgan fingerprint density at radius 3 is 2.89 bits per heavy atom. The summed E-state index contributed by atoms with van der Waals surface area (Å²) in [6.45, 7) is 2.99. The molecule has 1 aliphatic rings. The van der Waals surface area contributed by atoms with Gasteiger partial charge in [-0.3, -0.25) is 9.59 Å². The molecule has 2 rings (SSSR count). The fourth-order valence-corrected chi connectivity index (χ4v) is 2.38. The molecule has 0 aromatic heterocycles. The quantitative estimate of drug-likeness (QED) is 0.780. The molecule has 0 bridgehead atoms. The molecular weight excluding hydrogens is 242 g/mol. The smallest absolute Gasteiger partial charge is 0.242 e. The second kappa shape index (κ2) is 5.73. The largest absolute Gasteiger partial charge is 0.398 e. The molecule has 1 atom stereocenters. The summed E-state index contributed by atoms with van der Waals surface area (Å²) in [6.07, 6.45) is 0.873. The first-order valence-corrected chi connectivity index (χ1v) is 6.54. The Labute approximate surface area is 112 Å². The Morgan fingerprint density at radius 1 is 1.47 bits per heavy atom. The lowest BCUT2D eigenvalue weighted by atomic mass is 10.1. The highest BCUT2D eigenvalue weighted by molar-refractivity contribution is 5.89. The maximum Gasteiger partial charge on any atom is 0.242 e. The molecule has 1 heterocycles. The fraction of sp³-hybridized carbons (Fsp3) is 0.429. The lowest BCUT2D eigenvalue weighted by Crippen LogP contribution is -2.57. The minimum absolute atomic E-state index is 0.0420. The van der Waals surface area contributed by atoms with Crippen LogP contribution >= 0.6 is 0 Å². The Bertz CT molecular complexity index is 487. The maximum atomic E-state index is 12.3. The van der Waals surface area contributed by atoms with E-state index in [4.69, 9.17) is 5.73 Å². The van der Waals surface area contributed by atoms with Gasteiger partial charge in [-0.1, -0.05) is 25.1 Å². The molecule has 1 aromatic rings. The zero-order valence-electron chi connectivity index (χ0n) is 11.1. The first-order valence-electron chi connectivity index (χ1n) is 6.54. The summed E-state index contributed by atoms with van der Waals surface area (Å²) < 4.78 is 0. The molecule has 0 spiro atoms. The van der Waals surface area contributed by atoms with Crippen LogP contribution in [0.5, 0.6) is 0 Å². The van der Waals surface area contributed by atoms with Gasteiger partial charge < -0.3 is 16.0 Å². The minimum atomic E-state index is -0.355. The van der Waals surface area contributed by atoms with Crippen LogP contribution in [0.1, 0.15) is 18.9 Å². The molecule has 5 heteroatoms. The van der Waals surface area contributed by atoms with Crippen molar-refractivity contribution < 1.29 is 9.59 Å². The van der Waals surface area contributed by atoms with Crippen LogP contribution in [0.25, 0.3) is 0 Å². The molecule has 3 N–H and O–H groups in total. The predicted octanol–water partition coefficient (Wildman–Crippen LogP) is 0.548. The average molecular weight is 261 g/mol. The van der Waals surface area contributed by atoms with Crippen LogP contribution in [0.2, 0.25) is 0 Å². The third kappa shape index (κ3) is 2.86. The number of para-hydroxylation sites is 1. The van der Waals surface area contributed by atoms with Gasteiger partial charge in [-0.25, -0.2) is 0 Å². The van der Waals surface area contributed by atoms with E-state index in [1.807, 2.05) is 25.1 Å². The highest BCUT2D eigenvalue weighted by Crippen LogP contribution is 2.15. The second-order valence-corrected chi connectivity index (χ2v) is 4.68. The number of hydrogen-bond acceptors (Lipinski definition) is 3. The molecule has 1 aromatic carbocycles. The van der Waals surface area contributed by atoms with Crippen molar-refractivity contribution in [3.8, 4) is 0 Å². The number of anilines is 1. The van der Waals surface area contributed by atoms with Crippen LogP contribution in [-0.2, 0) is 16.0 Å². The summed E-state index contributed by atoms with van der Waals surface area (Å²) in [5.41, 5.74) is 7.27. The van der Waals surface area contributed by atoms with Crippen molar-refractivity contribution in [2.24, 2.45) is 0 Å². The van der Waals surface area contributed by atoms with Gasteiger partial charge in [0.25, 0.3) is 0 Å². The van der Waals surface area contributed by atoms with E-state index < -0.39 is 0 Å². The third-order valence-corrected chi connectivity index (χ3v) is 3.43. The van der Waals surface area contributed by atoms with Crippen LogP contribution in [0.15, 0.2) is 24.3 Å². The number of benzene rings is 1. The molecule has 0 radical (unpaired) electrons. The van der Waals surface area contributed by atoms with E-state index in [0.29, 0.717) is 25.2 Å². The van der Waals surface area contributed by atoms with Gasteiger partial charge in [0.2, 0.25) is 11.8 Å². The lowest BCUT2D eigenvalue weighted by molar-refractivity contribution is -0.142. The molecule has 1 aliphatic heterocycles. The number of amides is 2. The van der Waals surface area contributed by atoms with Gasteiger partial charge in [-0.15, -0.1) is 0 Å². The number of piperazine rings is 1. The van der Waals surface area contributed by atoms with Crippen LogP contribution in [0.4, 0.5) is 5.69 Å². The first-order chi connectivity index (χ1) is 9.13. The topological polar surface area (TPSA) is 75.4 Å². The van der Waals surface area contributed by atoms with Crippen molar-refractivity contribution in [1.29, 1.82) is 0 Å². The Balaban J connectivity index is 2.11. The standard InChI is InChI=1S/C14H19N3O2/c1-2-12-14(19)16-7-8-17(12)13(18)9-10-5-3-4-6-11(10)15/h3-6,12H,2,7-9,15H2,1H3,(H,16,19). The van der Waals surface area contributed by atoms with Crippen LogP contribution < -0.4 is 11.1 Å². The number of carbonyl (C=O) groups excluding carboxylic acids is 2. The van der Waals surface area contributed by atoms with Crippen LogP contribution in [0.3, 0.4) is 0 Å². The molecule has 1 saturated heterocycles. The molecular formula is C14H19N3O2. The summed E-state index contributed by atoms with van der Waals surface area (Å²) in [5, 5.41) is 2.79. The Kier molecular flexibility index (Phi) is 4.04. The van der Waals surface area contributed by atoms with E-state index in [-0.39, 0.29) is 24.3 Å². The SMILES string of the molecule is CCC1C(=O)NCCN1C(=O)Cc1ccccc1N. The number of nitrogens with two attached hydrogens (primary N) is 1. The molecule has 19 heavy (non-hydrogen) atoms. The summed E-state index contributed by atoms with van der Waals surface area (Å²) in [7, 11) is 0. The van der Waals surface area contributed by atoms with Gasteiger partial charge in [0.1, 0.15) is 6.04 Å². The fourth-order valence-electron chi connectivity index (χ4n) is 2.38. The zero-order chi connectivity index (χ0) is 13.8. The number of rotatable bonds is 3. The molecule has 2 amide bonds. The third-order valence-electron chi connectivity index (χ3n) is 3.43. The minimum Gasteiger partial charge on any atom is -0.398 e. The average Bonchev–Trinajstić information content (AvgIpc) is 2.41. The lowest BCUT2D eigenvalue weighted by Gasteiger charge is -2.34. The van der Waals surface area contributed by atoms with E-state index in [1.165, 1.54) is 0 Å². The number of nitrogens with one attached hydrogen (secondary N) is 1. The van der Waals surface area contributed by atoms with Crippen LogP contribution in [0, 0.1) is 0 Å². The van der Waals surface area contributed by atoms with Gasteiger partial charge in [0.15, 0.2) is 0 Å². The Hall–Kier alpha value is -2.04. The number of nitrogen functional groups attached to an aromatic ring is 1. The highest BCUT2D eigenvalue weighted by atomic mass is 16.2. The van der Waals surface area contributed by atoms with Crippen molar-refractivity contribution in [2.45, 2.75) is 25.8 Å². The van der Waals surface area contributed by atoms with Crippen molar-refractivity contribution >= 4 is 17.5 Å². The second-order valence-electron chi connectivity index (χ2n) is 4.68. The number of nitrogens with zero attached hydrogens (tertiary/aromatic N) is 1. The summed E-state index contributed by atoms with van der Waals surface area (Å²) in [4.78, 5) is 25.7. The summed E-state index contributed by atoms with van der Waals surface area (Å²) in [5.74, 6) is -0.109. The van der Waals surface area contributed by atoms with Gasteiger partial charge in [0, 0.05) is 18.8 Å². The van der Waals surface area contributed by atoms with E-state index in [9.17, 15) is 9.59 Å². The van der Waals surface area contributed by atoms with E-state index in [0.717, 1.165) is 5.56 Å². The summed E-state index contributed by atoms with van der Waals surface area (Å²) >= 11 is 0. The van der Waals surface area contributed by atoms with Gasteiger partial charge in [0.05, 0.1) is 6.42 Å². The van der Waals surface area contributed by atoms with E-state index >= 15 is 0 Å². The van der Waals surface area contributed by atoms with Crippen molar-refractivity contribution in [3.05, 3.63) is 29.8 Å². The van der Waals surface area contributed by atoms with Gasteiger partial charge >= 0.3 is 0 Å². The molecule has 0 saturated carbocycles. The van der Waals surface area contributed by atoms with Gasteiger partial charge in [-0.05, 0) is 18.1 Å². The molecule has 1 fully saturated rings. The molecule has 0 aliphatic carbocycles. The number of hydrogen-bond donors (Lipinski definition) is 2. The van der Waals surface area contributed by atoms with Crippen LogP contribution in [-0.4, -0.2) is 35.8 Å². The summed E-state index contributed by atoms with van der Waals surface area (Å²) in [6, 6.07) is 6.97. The van der Waals surface area contributed by atoms with Crippen molar-refractivity contribution in [2.75, 3.05) is 18.8 Å². The highest BCUT2D eigenvalue weighted by Gasteiger charge is 2.31. The predicted molar refractivity (Wildman–Crippen MR) is 73.4 cm³/mol. The van der Waals surface area contributed by atoms with Gasteiger partial charge in [-0.2, -0.15) is 0 Å². The maximum absolute atomic E-state index is 12.3. The molecule has 102 valence electrons. The normalized spacial score (nSPS) is 19.1. The van der Waals surface area contributed by atoms with Crippen molar-refractivity contribution in [1.82, 2.24) is 10.2 Å².